The number of nitrogens with zero attached hydrogens (tertiary/aromatic N) is 2. The average molecular weight is 367 g/mol. The molecule has 3 aromatic heterocycles. The van der Waals surface area contributed by atoms with Crippen LogP contribution in [0.25, 0.3) is 27.9 Å². The molecule has 1 aliphatic carbocycles. The number of H-pyrrole nitrogens is 1. The maximum Gasteiger partial charge on any atom is 0.367 e. The van der Waals surface area contributed by atoms with Gasteiger partial charge in [-0.25, -0.2) is 14.8 Å². The summed E-state index contributed by atoms with van der Waals surface area (Å²) >= 11 is 1.31. The lowest BCUT2D eigenvalue weighted by atomic mass is 9.88. The molecule has 3 heterocycles. The quantitative estimate of drug-likeness (QED) is 0.654. The van der Waals surface area contributed by atoms with Gasteiger partial charge < -0.3 is 9.72 Å². The molecule has 0 saturated heterocycles. The number of nitrogens with one attached hydrogen (secondary N) is 1. The van der Waals surface area contributed by atoms with Crippen molar-refractivity contribution in [1.29, 1.82) is 0 Å². The molecule has 0 amide bonds. The fraction of sp³-hybridized carbons (Fsp3) is 0.350. The van der Waals surface area contributed by atoms with Gasteiger partial charge in [0.2, 0.25) is 5.01 Å². The number of esters is 1. The lowest BCUT2D eigenvalue weighted by molar-refractivity contribution is 0.0526. The van der Waals surface area contributed by atoms with Gasteiger partial charge >= 0.3 is 5.97 Å². The molecule has 26 heavy (non-hydrogen) atoms. The number of ether oxygens (including phenoxy) is 1. The third kappa shape index (κ3) is 3.17. The lowest BCUT2D eigenvalue weighted by Crippen LogP contribution is -2.03. The van der Waals surface area contributed by atoms with Gasteiger partial charge in [-0.3, -0.25) is 0 Å². The fourth-order valence-electron chi connectivity index (χ4n) is 3.30. The molecule has 0 bridgehead atoms. The number of carbonyl (C=O) groups is 1. The van der Waals surface area contributed by atoms with Crippen LogP contribution in [0, 0.1) is 5.92 Å². The molecule has 0 radical (unpaired) electrons. The highest BCUT2D eigenvalue weighted by atomic mass is 32.1. The number of aromatic amines is 1. The van der Waals surface area contributed by atoms with Crippen LogP contribution in [0.5, 0.6) is 0 Å². The van der Waals surface area contributed by atoms with Crippen molar-refractivity contribution in [2.24, 2.45) is 5.92 Å². The second kappa shape index (κ2) is 7.03. The monoisotopic (exact) mass is 367 g/mol. The van der Waals surface area contributed by atoms with Crippen LogP contribution in [0.4, 0.5) is 0 Å². The van der Waals surface area contributed by atoms with Gasteiger partial charge in [0.05, 0.1) is 12.3 Å². The zero-order chi connectivity index (χ0) is 18.1. The van der Waals surface area contributed by atoms with Crippen molar-refractivity contribution in [3.8, 4) is 11.3 Å². The minimum Gasteiger partial charge on any atom is -0.461 e. The first-order valence-corrected chi connectivity index (χ1v) is 9.83. The van der Waals surface area contributed by atoms with Crippen LogP contribution in [-0.2, 0) is 4.74 Å². The van der Waals surface area contributed by atoms with Crippen molar-refractivity contribution in [1.82, 2.24) is 15.0 Å². The van der Waals surface area contributed by atoms with E-state index in [1.54, 1.807) is 6.92 Å². The van der Waals surface area contributed by atoms with Crippen LogP contribution < -0.4 is 0 Å². The Kier molecular flexibility index (Phi) is 4.59. The Morgan fingerprint density at radius 3 is 3.12 bits per heavy atom. The van der Waals surface area contributed by atoms with Gasteiger partial charge in [0, 0.05) is 28.7 Å². The van der Waals surface area contributed by atoms with Crippen LogP contribution >= 0.6 is 11.3 Å². The van der Waals surface area contributed by atoms with Crippen LogP contribution in [0.15, 0.2) is 29.9 Å². The summed E-state index contributed by atoms with van der Waals surface area (Å²) in [4.78, 5) is 24.1. The predicted octanol–water partition coefficient (Wildman–Crippen LogP) is 5.07. The Bertz CT molecular complexity index is 986. The summed E-state index contributed by atoms with van der Waals surface area (Å²) in [5.41, 5.74) is 5.11. The van der Waals surface area contributed by atoms with Crippen LogP contribution in [0.3, 0.4) is 0 Å². The summed E-state index contributed by atoms with van der Waals surface area (Å²) in [5.74, 6) is 0.387. The van der Waals surface area contributed by atoms with E-state index >= 15 is 0 Å². The third-order valence-corrected chi connectivity index (χ3v) is 5.63. The first kappa shape index (κ1) is 17.0. The van der Waals surface area contributed by atoms with Crippen molar-refractivity contribution in [3.63, 3.8) is 0 Å². The Morgan fingerprint density at radius 2 is 2.35 bits per heavy atom. The van der Waals surface area contributed by atoms with Gasteiger partial charge in [-0.1, -0.05) is 13.0 Å². The van der Waals surface area contributed by atoms with Crippen molar-refractivity contribution in [2.45, 2.75) is 33.1 Å². The molecule has 1 aliphatic rings. The molecule has 0 fully saturated rings. The first-order chi connectivity index (χ1) is 12.7. The van der Waals surface area contributed by atoms with E-state index in [1.165, 1.54) is 28.9 Å². The fourth-order valence-corrected chi connectivity index (χ4v) is 4.01. The lowest BCUT2D eigenvalue weighted by Gasteiger charge is -2.18. The Labute approximate surface area is 156 Å². The molecule has 6 heteroatoms. The number of carbonyl (C=O) groups excluding carboxylic acids is 1. The van der Waals surface area contributed by atoms with Crippen LogP contribution in [0.2, 0.25) is 0 Å². The number of thiazole rings is 1. The van der Waals surface area contributed by atoms with Gasteiger partial charge in [0.1, 0.15) is 5.65 Å². The summed E-state index contributed by atoms with van der Waals surface area (Å²) in [5, 5.41) is 3.30. The van der Waals surface area contributed by atoms with Crippen molar-refractivity contribution < 1.29 is 9.53 Å². The van der Waals surface area contributed by atoms with E-state index in [0.29, 0.717) is 11.6 Å². The zero-order valence-corrected chi connectivity index (χ0v) is 15.7. The highest BCUT2D eigenvalue weighted by molar-refractivity contribution is 7.11. The third-order valence-electron chi connectivity index (χ3n) is 4.81. The summed E-state index contributed by atoms with van der Waals surface area (Å²) in [6, 6.07) is 2.18. The smallest absolute Gasteiger partial charge is 0.367 e. The van der Waals surface area contributed by atoms with Gasteiger partial charge in [0.25, 0.3) is 0 Å². The minimum absolute atomic E-state index is 0.349. The van der Waals surface area contributed by atoms with Crippen LogP contribution in [0.1, 0.15) is 48.5 Å². The molecular formula is C20H21N3O2S. The largest absolute Gasteiger partial charge is 0.461 e. The molecule has 0 spiro atoms. The Balaban J connectivity index is 1.70. The summed E-state index contributed by atoms with van der Waals surface area (Å²) in [6.07, 6.45) is 9.63. The van der Waals surface area contributed by atoms with E-state index in [2.05, 4.69) is 34.0 Å². The number of hydrogen-bond acceptors (Lipinski definition) is 5. The second-order valence-electron chi connectivity index (χ2n) is 6.69. The standard InChI is InChI=1S/C20H21N3O2S/c1-3-25-20(24)19-23-17(11-26-19)16-10-22-18-15(16)8-14(9-21-18)13-6-4-12(2)5-7-13/h6,8-12H,3-5,7H2,1-2H3,(H,21,22). The minimum atomic E-state index is -0.371. The number of aromatic nitrogens is 3. The van der Waals surface area contributed by atoms with Gasteiger partial charge in [-0.15, -0.1) is 11.3 Å². The highest BCUT2D eigenvalue weighted by Gasteiger charge is 2.17. The average Bonchev–Trinajstić information content (AvgIpc) is 3.29. The predicted molar refractivity (Wildman–Crippen MR) is 104 cm³/mol. The summed E-state index contributed by atoms with van der Waals surface area (Å²) < 4.78 is 5.03. The molecule has 1 atom stereocenters. The molecule has 0 aliphatic heterocycles. The maximum atomic E-state index is 11.9. The van der Waals surface area contributed by atoms with Crippen molar-refractivity contribution in [3.05, 3.63) is 40.5 Å². The van der Waals surface area contributed by atoms with E-state index in [-0.39, 0.29) is 5.97 Å². The molecule has 0 saturated carbocycles. The van der Waals surface area contributed by atoms with Gasteiger partial charge in [-0.2, -0.15) is 0 Å². The highest BCUT2D eigenvalue weighted by Crippen LogP contribution is 2.34. The summed E-state index contributed by atoms with van der Waals surface area (Å²) in [6.45, 7) is 4.43. The van der Waals surface area contributed by atoms with Gasteiger partial charge in [-0.05, 0) is 49.3 Å². The molecular weight excluding hydrogens is 346 g/mol. The first-order valence-electron chi connectivity index (χ1n) is 8.95. The number of fused-ring (bicyclic) bond motifs is 1. The van der Waals surface area contributed by atoms with Crippen LogP contribution in [-0.4, -0.2) is 27.5 Å². The van der Waals surface area contributed by atoms with E-state index < -0.39 is 0 Å². The molecule has 3 aromatic rings. The zero-order valence-electron chi connectivity index (χ0n) is 14.9. The Hall–Kier alpha value is -2.47. The number of hydrogen-bond donors (Lipinski definition) is 1. The summed E-state index contributed by atoms with van der Waals surface area (Å²) in [7, 11) is 0. The molecule has 134 valence electrons. The number of rotatable bonds is 4. The topological polar surface area (TPSA) is 67.9 Å². The van der Waals surface area contributed by atoms with Crippen molar-refractivity contribution in [2.75, 3.05) is 6.61 Å². The SMILES string of the molecule is CCOC(=O)c1nc(-c2c[nH]c3ncc(C4=CCC(C)CC4)cc23)cs1. The molecule has 1 unspecified atom stereocenters. The molecule has 0 aromatic carbocycles. The van der Waals surface area contributed by atoms with E-state index in [1.807, 2.05) is 17.8 Å². The molecule has 4 rings (SSSR count). The normalized spacial score (nSPS) is 17.3. The second-order valence-corrected chi connectivity index (χ2v) is 7.55. The molecule has 5 nitrogen and oxygen atoms in total. The van der Waals surface area contributed by atoms with E-state index in [9.17, 15) is 4.79 Å². The molecule has 1 N–H and O–H groups in total. The number of pyridine rings is 1. The van der Waals surface area contributed by atoms with Crippen molar-refractivity contribution >= 4 is 33.9 Å². The van der Waals surface area contributed by atoms with Gasteiger partial charge in [0.15, 0.2) is 0 Å². The maximum absolute atomic E-state index is 11.9. The van der Waals surface area contributed by atoms with E-state index in [4.69, 9.17) is 4.74 Å². The Morgan fingerprint density at radius 1 is 1.46 bits per heavy atom. The van der Waals surface area contributed by atoms with E-state index in [0.717, 1.165) is 41.1 Å². The number of allylic oxidation sites excluding steroid dienone is 2.